The maximum absolute atomic E-state index is 12.0. The predicted octanol–water partition coefficient (Wildman–Crippen LogP) is 1.11. The van der Waals surface area contributed by atoms with Crippen LogP contribution in [0.25, 0.3) is 0 Å². The van der Waals surface area contributed by atoms with Gasteiger partial charge >= 0.3 is 0 Å². The summed E-state index contributed by atoms with van der Waals surface area (Å²) in [5.74, 6) is -0.0422. The van der Waals surface area contributed by atoms with Crippen LogP contribution < -0.4 is 0 Å². The van der Waals surface area contributed by atoms with E-state index in [0.29, 0.717) is 6.54 Å². The van der Waals surface area contributed by atoms with Crippen molar-refractivity contribution in [2.75, 3.05) is 25.4 Å². The predicted molar refractivity (Wildman–Crippen MR) is 70.7 cm³/mol. The number of rotatable bonds is 7. The standard InChI is InChI=1S/C11H17N3O4S/c1-3-13(4-2)7-8-19(17,18)11-6-5-10(9-12-11)14(15)16/h5-6,9H,3-4,7-8H2,1-2H3. The summed E-state index contributed by atoms with van der Waals surface area (Å²) in [4.78, 5) is 15.5. The molecule has 0 bridgehead atoms. The van der Waals surface area contributed by atoms with E-state index in [1.54, 1.807) is 0 Å². The fourth-order valence-corrected chi connectivity index (χ4v) is 2.75. The van der Waals surface area contributed by atoms with Crippen LogP contribution in [0.5, 0.6) is 0 Å². The minimum absolute atomic E-state index is 0.0422. The molecule has 0 spiro atoms. The van der Waals surface area contributed by atoms with Crippen molar-refractivity contribution in [3.63, 3.8) is 0 Å². The third-order valence-corrected chi connectivity index (χ3v) is 4.42. The first-order chi connectivity index (χ1) is 8.90. The van der Waals surface area contributed by atoms with Gasteiger partial charge in [-0.1, -0.05) is 13.8 Å². The largest absolute Gasteiger partial charge is 0.303 e. The van der Waals surface area contributed by atoms with Gasteiger partial charge in [0.25, 0.3) is 5.69 Å². The van der Waals surface area contributed by atoms with Crippen molar-refractivity contribution in [1.29, 1.82) is 0 Å². The molecule has 1 aromatic heterocycles. The molecule has 8 heteroatoms. The smallest absolute Gasteiger partial charge is 0.287 e. The minimum atomic E-state index is -3.49. The molecule has 0 atom stereocenters. The van der Waals surface area contributed by atoms with E-state index in [1.165, 1.54) is 6.07 Å². The first-order valence-corrected chi connectivity index (χ1v) is 7.61. The molecule has 0 aliphatic carbocycles. The van der Waals surface area contributed by atoms with Gasteiger partial charge in [0.2, 0.25) is 0 Å². The second kappa shape index (κ2) is 6.58. The van der Waals surface area contributed by atoms with Crippen LogP contribution in [-0.2, 0) is 9.84 Å². The Labute approximate surface area is 112 Å². The van der Waals surface area contributed by atoms with E-state index in [-0.39, 0.29) is 16.5 Å². The van der Waals surface area contributed by atoms with Gasteiger partial charge < -0.3 is 4.90 Å². The zero-order chi connectivity index (χ0) is 14.5. The maximum atomic E-state index is 12.0. The van der Waals surface area contributed by atoms with Crippen LogP contribution >= 0.6 is 0 Å². The van der Waals surface area contributed by atoms with Gasteiger partial charge in [-0.3, -0.25) is 10.1 Å². The van der Waals surface area contributed by atoms with E-state index in [9.17, 15) is 18.5 Å². The molecule has 0 fully saturated rings. The Kier molecular flexibility index (Phi) is 5.37. The molecular weight excluding hydrogens is 270 g/mol. The maximum Gasteiger partial charge on any atom is 0.287 e. The highest BCUT2D eigenvalue weighted by molar-refractivity contribution is 7.91. The number of aromatic nitrogens is 1. The molecule has 19 heavy (non-hydrogen) atoms. The zero-order valence-corrected chi connectivity index (χ0v) is 11.8. The summed E-state index contributed by atoms with van der Waals surface area (Å²) < 4.78 is 24.0. The molecule has 0 aliphatic heterocycles. The Hall–Kier alpha value is -1.54. The average molecular weight is 287 g/mol. The second-order valence-corrected chi connectivity index (χ2v) is 6.01. The Morgan fingerprint density at radius 2 is 1.95 bits per heavy atom. The van der Waals surface area contributed by atoms with Crippen LogP contribution in [0.1, 0.15) is 13.8 Å². The number of nitrogens with zero attached hydrogens (tertiary/aromatic N) is 3. The molecule has 0 saturated heterocycles. The minimum Gasteiger partial charge on any atom is -0.303 e. The lowest BCUT2D eigenvalue weighted by atomic mass is 10.4. The van der Waals surface area contributed by atoms with Gasteiger partial charge in [-0.05, 0) is 19.2 Å². The SMILES string of the molecule is CCN(CC)CCS(=O)(=O)c1ccc([N+](=O)[O-])cn1. The molecule has 0 N–H and O–H groups in total. The molecule has 0 aromatic carbocycles. The van der Waals surface area contributed by atoms with Crippen LogP contribution in [-0.4, -0.2) is 48.6 Å². The number of hydrogen-bond acceptors (Lipinski definition) is 6. The number of sulfone groups is 1. The molecule has 7 nitrogen and oxygen atoms in total. The van der Waals surface area contributed by atoms with E-state index in [0.717, 1.165) is 25.4 Å². The van der Waals surface area contributed by atoms with Crippen LogP contribution in [0.3, 0.4) is 0 Å². The van der Waals surface area contributed by atoms with E-state index < -0.39 is 14.8 Å². The summed E-state index contributed by atoms with van der Waals surface area (Å²) in [7, 11) is -3.49. The normalized spacial score (nSPS) is 11.7. The lowest BCUT2D eigenvalue weighted by molar-refractivity contribution is -0.385. The Bertz CT molecular complexity index is 523. The fraction of sp³-hybridized carbons (Fsp3) is 0.545. The number of pyridine rings is 1. The Morgan fingerprint density at radius 3 is 2.37 bits per heavy atom. The first-order valence-electron chi connectivity index (χ1n) is 5.96. The summed E-state index contributed by atoms with van der Waals surface area (Å²) in [5.41, 5.74) is -0.220. The van der Waals surface area contributed by atoms with Crippen LogP contribution in [0.15, 0.2) is 23.4 Å². The van der Waals surface area contributed by atoms with Crippen molar-refractivity contribution in [3.05, 3.63) is 28.4 Å². The van der Waals surface area contributed by atoms with Gasteiger partial charge in [-0.25, -0.2) is 13.4 Å². The molecule has 1 rings (SSSR count). The summed E-state index contributed by atoms with van der Waals surface area (Å²) in [5, 5.41) is 10.3. The van der Waals surface area contributed by atoms with Crippen molar-refractivity contribution in [2.45, 2.75) is 18.9 Å². The van der Waals surface area contributed by atoms with Crippen molar-refractivity contribution in [2.24, 2.45) is 0 Å². The summed E-state index contributed by atoms with van der Waals surface area (Å²) in [6.07, 6.45) is 0.963. The van der Waals surface area contributed by atoms with E-state index >= 15 is 0 Å². The monoisotopic (exact) mass is 287 g/mol. The average Bonchev–Trinajstić information content (AvgIpc) is 2.40. The molecule has 0 aliphatic rings. The van der Waals surface area contributed by atoms with Gasteiger partial charge in [0.15, 0.2) is 14.9 Å². The molecule has 0 saturated carbocycles. The van der Waals surface area contributed by atoms with E-state index in [2.05, 4.69) is 4.98 Å². The fourth-order valence-electron chi connectivity index (χ4n) is 1.56. The van der Waals surface area contributed by atoms with Gasteiger partial charge in [0, 0.05) is 12.6 Å². The quantitative estimate of drug-likeness (QED) is 0.550. The van der Waals surface area contributed by atoms with Gasteiger partial charge in [-0.15, -0.1) is 0 Å². The lowest BCUT2D eigenvalue weighted by Crippen LogP contribution is -2.29. The Balaban J connectivity index is 2.80. The third-order valence-electron chi connectivity index (χ3n) is 2.82. The molecular formula is C11H17N3O4S. The number of hydrogen-bond donors (Lipinski definition) is 0. The van der Waals surface area contributed by atoms with Gasteiger partial charge in [-0.2, -0.15) is 0 Å². The molecule has 1 heterocycles. The van der Waals surface area contributed by atoms with Crippen molar-refractivity contribution >= 4 is 15.5 Å². The van der Waals surface area contributed by atoms with Gasteiger partial charge in [0.05, 0.1) is 10.7 Å². The van der Waals surface area contributed by atoms with Crippen LogP contribution in [0.4, 0.5) is 5.69 Å². The lowest BCUT2D eigenvalue weighted by Gasteiger charge is -2.17. The highest BCUT2D eigenvalue weighted by Crippen LogP contribution is 2.13. The van der Waals surface area contributed by atoms with Crippen LogP contribution in [0, 0.1) is 10.1 Å². The zero-order valence-electron chi connectivity index (χ0n) is 10.9. The number of nitro groups is 1. The highest BCUT2D eigenvalue weighted by atomic mass is 32.2. The molecule has 1 aromatic rings. The summed E-state index contributed by atoms with van der Waals surface area (Å²) >= 11 is 0. The molecule has 0 radical (unpaired) electrons. The molecule has 106 valence electrons. The highest BCUT2D eigenvalue weighted by Gasteiger charge is 2.18. The van der Waals surface area contributed by atoms with Crippen molar-refractivity contribution in [1.82, 2.24) is 9.88 Å². The third kappa shape index (κ3) is 4.25. The van der Waals surface area contributed by atoms with Crippen LogP contribution in [0.2, 0.25) is 0 Å². The Morgan fingerprint density at radius 1 is 1.32 bits per heavy atom. The summed E-state index contributed by atoms with van der Waals surface area (Å²) in [6.45, 7) is 5.90. The topological polar surface area (TPSA) is 93.4 Å². The first kappa shape index (κ1) is 15.5. The van der Waals surface area contributed by atoms with Crippen molar-refractivity contribution in [3.8, 4) is 0 Å². The van der Waals surface area contributed by atoms with Crippen molar-refractivity contribution < 1.29 is 13.3 Å². The van der Waals surface area contributed by atoms with Gasteiger partial charge in [0.1, 0.15) is 6.20 Å². The second-order valence-electron chi connectivity index (χ2n) is 3.96. The molecule has 0 unspecified atom stereocenters. The van der Waals surface area contributed by atoms with E-state index in [1.807, 2.05) is 18.7 Å². The summed E-state index contributed by atoms with van der Waals surface area (Å²) in [6, 6.07) is 2.33. The molecule has 0 amide bonds. The van der Waals surface area contributed by atoms with E-state index in [4.69, 9.17) is 0 Å².